The van der Waals surface area contributed by atoms with Crippen molar-refractivity contribution in [3.63, 3.8) is 0 Å². The van der Waals surface area contributed by atoms with Gasteiger partial charge in [-0.15, -0.1) is 0 Å². The van der Waals surface area contributed by atoms with E-state index in [1.165, 1.54) is 28.8 Å². The Morgan fingerprint density at radius 3 is 2.45 bits per heavy atom. The van der Waals surface area contributed by atoms with Gasteiger partial charge < -0.3 is 4.57 Å². The Bertz CT molecular complexity index is 1270. The van der Waals surface area contributed by atoms with E-state index in [9.17, 15) is 14.9 Å². The van der Waals surface area contributed by atoms with Crippen LogP contribution in [0.3, 0.4) is 0 Å². The van der Waals surface area contributed by atoms with Crippen LogP contribution in [0.4, 0.5) is 11.4 Å². The Morgan fingerprint density at radius 1 is 1.10 bits per heavy atom. The first-order valence-electron chi connectivity index (χ1n) is 9.23. The number of amides is 1. The van der Waals surface area contributed by atoms with Gasteiger partial charge in [-0.25, -0.2) is 0 Å². The molecule has 1 fully saturated rings. The molecule has 1 saturated heterocycles. The average Bonchev–Trinajstić information content (AvgIpc) is 3.16. The highest BCUT2D eigenvalue weighted by Crippen LogP contribution is 2.37. The molecular weight excluding hydrogens is 454 g/mol. The maximum atomic E-state index is 13.0. The number of nitro groups is 1. The van der Waals surface area contributed by atoms with E-state index in [0.29, 0.717) is 19.9 Å². The summed E-state index contributed by atoms with van der Waals surface area (Å²) in [7, 11) is 0. The first kappa shape index (κ1) is 21.3. The van der Waals surface area contributed by atoms with Crippen molar-refractivity contribution in [3.8, 4) is 5.69 Å². The summed E-state index contributed by atoms with van der Waals surface area (Å²) >= 11 is 12.7. The number of non-ortho nitro benzene ring substituents is 1. The van der Waals surface area contributed by atoms with Crippen LogP contribution in [0.5, 0.6) is 0 Å². The molecule has 0 bridgehead atoms. The number of halogens is 1. The molecule has 4 rings (SSSR count). The number of rotatable bonds is 4. The summed E-state index contributed by atoms with van der Waals surface area (Å²) < 4.78 is 2.44. The summed E-state index contributed by atoms with van der Waals surface area (Å²) in [6.07, 6.45) is 1.83. The summed E-state index contributed by atoms with van der Waals surface area (Å²) in [5, 5.41) is 11.4. The van der Waals surface area contributed by atoms with Crippen molar-refractivity contribution < 1.29 is 9.72 Å². The topological polar surface area (TPSA) is 68.4 Å². The SMILES string of the molecule is Cc1cc(/C=C2/SC(=S)N(c3cccc(Cl)c3)C2=O)c(C)n1-c1ccc([N+](=O)[O-])cc1. The van der Waals surface area contributed by atoms with Gasteiger partial charge in [0.25, 0.3) is 11.6 Å². The molecule has 9 heteroatoms. The lowest BCUT2D eigenvalue weighted by molar-refractivity contribution is -0.384. The molecule has 0 spiro atoms. The van der Waals surface area contributed by atoms with Gasteiger partial charge in [0.2, 0.25) is 0 Å². The number of nitrogens with zero attached hydrogens (tertiary/aromatic N) is 3. The quantitative estimate of drug-likeness (QED) is 0.201. The highest BCUT2D eigenvalue weighted by molar-refractivity contribution is 8.27. The number of benzene rings is 2. The molecule has 1 aromatic heterocycles. The monoisotopic (exact) mass is 469 g/mol. The standard InChI is InChI=1S/C22H16ClN3O3S2/c1-13-10-15(14(2)24(13)17-6-8-18(9-7-17)26(28)29)11-20-21(27)25(22(30)31-20)19-5-3-4-16(23)12-19/h3-12H,1-2H3/b20-11+. The number of anilines is 1. The molecule has 2 aromatic carbocycles. The Kier molecular flexibility index (Phi) is 5.70. The number of aromatic nitrogens is 1. The first-order valence-corrected chi connectivity index (χ1v) is 10.8. The minimum atomic E-state index is -0.424. The van der Waals surface area contributed by atoms with Crippen molar-refractivity contribution in [3.05, 3.63) is 91.6 Å². The summed E-state index contributed by atoms with van der Waals surface area (Å²) in [6.45, 7) is 3.89. The number of carbonyl (C=O) groups excluding carboxylic acids is 1. The molecule has 1 amide bonds. The van der Waals surface area contributed by atoms with Crippen molar-refractivity contribution in [2.45, 2.75) is 13.8 Å². The van der Waals surface area contributed by atoms with Gasteiger partial charge in [-0.3, -0.25) is 19.8 Å². The zero-order valence-electron chi connectivity index (χ0n) is 16.5. The molecule has 6 nitrogen and oxygen atoms in total. The van der Waals surface area contributed by atoms with Gasteiger partial charge in [-0.2, -0.15) is 0 Å². The molecule has 0 saturated carbocycles. The fourth-order valence-corrected chi connectivity index (χ4v) is 4.98. The maximum Gasteiger partial charge on any atom is 0.270 e. The summed E-state index contributed by atoms with van der Waals surface area (Å²) in [5.41, 5.74) is 4.22. The lowest BCUT2D eigenvalue weighted by Crippen LogP contribution is -2.27. The second kappa shape index (κ2) is 8.30. The smallest absolute Gasteiger partial charge is 0.270 e. The number of carbonyl (C=O) groups is 1. The van der Waals surface area contributed by atoms with Crippen molar-refractivity contribution in [1.82, 2.24) is 4.57 Å². The number of nitro benzene ring substituents is 1. The zero-order valence-corrected chi connectivity index (χ0v) is 18.9. The van der Waals surface area contributed by atoms with Crippen LogP contribution in [0.25, 0.3) is 11.8 Å². The van der Waals surface area contributed by atoms with Crippen molar-refractivity contribution >= 4 is 63.3 Å². The third kappa shape index (κ3) is 4.01. The third-order valence-corrected chi connectivity index (χ3v) is 6.47. The highest BCUT2D eigenvalue weighted by atomic mass is 35.5. The van der Waals surface area contributed by atoms with E-state index < -0.39 is 4.92 Å². The van der Waals surface area contributed by atoms with Gasteiger partial charge in [0, 0.05) is 34.2 Å². The molecule has 3 aromatic rings. The van der Waals surface area contributed by atoms with E-state index in [2.05, 4.69) is 0 Å². The second-order valence-electron chi connectivity index (χ2n) is 6.93. The van der Waals surface area contributed by atoms with E-state index in [1.54, 1.807) is 36.4 Å². The minimum Gasteiger partial charge on any atom is -0.318 e. The lowest BCUT2D eigenvalue weighted by atomic mass is 10.2. The van der Waals surface area contributed by atoms with E-state index >= 15 is 0 Å². The number of aryl methyl sites for hydroxylation is 1. The van der Waals surface area contributed by atoms with E-state index in [1.807, 2.05) is 30.6 Å². The molecule has 1 aliphatic rings. The highest BCUT2D eigenvalue weighted by Gasteiger charge is 2.33. The lowest BCUT2D eigenvalue weighted by Gasteiger charge is -2.14. The number of thioether (sulfide) groups is 1. The maximum absolute atomic E-state index is 13.0. The molecule has 0 unspecified atom stereocenters. The fraction of sp³-hybridized carbons (Fsp3) is 0.0909. The van der Waals surface area contributed by atoms with Crippen LogP contribution in [0, 0.1) is 24.0 Å². The molecule has 0 N–H and O–H groups in total. The average molecular weight is 470 g/mol. The molecule has 0 atom stereocenters. The Hall–Kier alpha value is -2.94. The van der Waals surface area contributed by atoms with Crippen LogP contribution in [-0.2, 0) is 4.79 Å². The first-order chi connectivity index (χ1) is 14.8. The molecular formula is C22H16ClN3O3S2. The number of hydrogen-bond acceptors (Lipinski definition) is 5. The minimum absolute atomic E-state index is 0.0381. The van der Waals surface area contributed by atoms with E-state index in [4.69, 9.17) is 23.8 Å². The molecule has 0 aliphatic carbocycles. The van der Waals surface area contributed by atoms with Gasteiger partial charge >= 0.3 is 0 Å². The van der Waals surface area contributed by atoms with E-state index in [-0.39, 0.29) is 11.6 Å². The Balaban J connectivity index is 1.68. The largest absolute Gasteiger partial charge is 0.318 e. The van der Waals surface area contributed by atoms with Crippen molar-refractivity contribution in [2.24, 2.45) is 0 Å². The van der Waals surface area contributed by atoms with Crippen molar-refractivity contribution in [1.29, 1.82) is 0 Å². The normalized spacial score (nSPS) is 15.2. The van der Waals surface area contributed by atoms with Gasteiger partial charge in [0.1, 0.15) is 0 Å². The Labute approximate surface area is 193 Å². The molecule has 31 heavy (non-hydrogen) atoms. The molecule has 156 valence electrons. The van der Waals surface area contributed by atoms with Crippen LogP contribution in [0.2, 0.25) is 5.02 Å². The van der Waals surface area contributed by atoms with Crippen molar-refractivity contribution in [2.75, 3.05) is 4.90 Å². The summed E-state index contributed by atoms with van der Waals surface area (Å²) in [4.78, 5) is 25.5. The van der Waals surface area contributed by atoms with E-state index in [0.717, 1.165) is 22.6 Å². The zero-order chi connectivity index (χ0) is 22.3. The van der Waals surface area contributed by atoms with Crippen LogP contribution < -0.4 is 4.90 Å². The second-order valence-corrected chi connectivity index (χ2v) is 9.04. The predicted octanol–water partition coefficient (Wildman–Crippen LogP) is 6.06. The van der Waals surface area contributed by atoms with Crippen LogP contribution >= 0.6 is 35.6 Å². The molecule has 0 radical (unpaired) electrons. The van der Waals surface area contributed by atoms with Gasteiger partial charge in [0.15, 0.2) is 4.32 Å². The molecule has 1 aliphatic heterocycles. The summed E-state index contributed by atoms with van der Waals surface area (Å²) in [5.74, 6) is -0.197. The number of thiocarbonyl (C=S) groups is 1. The number of hydrogen-bond donors (Lipinski definition) is 0. The van der Waals surface area contributed by atoms with Crippen LogP contribution in [0.1, 0.15) is 17.0 Å². The van der Waals surface area contributed by atoms with Gasteiger partial charge in [0.05, 0.1) is 15.5 Å². The Morgan fingerprint density at radius 2 is 1.81 bits per heavy atom. The fourth-order valence-electron chi connectivity index (χ4n) is 3.50. The summed E-state index contributed by atoms with van der Waals surface area (Å²) in [6, 6.07) is 15.4. The van der Waals surface area contributed by atoms with Gasteiger partial charge in [-0.1, -0.05) is 41.6 Å². The predicted molar refractivity (Wildman–Crippen MR) is 129 cm³/mol. The third-order valence-electron chi connectivity index (χ3n) is 4.94. The van der Waals surface area contributed by atoms with Crippen LogP contribution in [-0.4, -0.2) is 19.7 Å². The molecule has 2 heterocycles. The van der Waals surface area contributed by atoms with Gasteiger partial charge in [-0.05, 0) is 61.9 Å². The van der Waals surface area contributed by atoms with Crippen LogP contribution in [0.15, 0.2) is 59.5 Å².